The molecule has 25 heavy (non-hydrogen) atoms. The quantitative estimate of drug-likeness (QED) is 0.568. The molecule has 3 rings (SSSR count). The predicted octanol–water partition coefficient (Wildman–Crippen LogP) is 2.36. The second kappa shape index (κ2) is 6.78. The van der Waals surface area contributed by atoms with Gasteiger partial charge in [0.2, 0.25) is 5.95 Å². The van der Waals surface area contributed by atoms with E-state index in [1.165, 1.54) is 18.3 Å². The summed E-state index contributed by atoms with van der Waals surface area (Å²) in [6.07, 6.45) is 3.00. The first kappa shape index (κ1) is 16.7. The lowest BCUT2D eigenvalue weighted by molar-refractivity contribution is 0.0946. The number of amides is 1. The number of nitrogens with one attached hydrogen (secondary N) is 2. The van der Waals surface area contributed by atoms with Crippen molar-refractivity contribution in [1.29, 1.82) is 0 Å². The molecule has 0 aliphatic rings. The maximum absolute atomic E-state index is 13.1. The number of hydrogen-bond donors (Lipinski definition) is 4. The van der Waals surface area contributed by atoms with Crippen LogP contribution in [0.4, 0.5) is 16.0 Å². The van der Waals surface area contributed by atoms with E-state index in [1.54, 1.807) is 18.3 Å². The number of carbonyl (C=O) groups is 1. The van der Waals surface area contributed by atoms with Gasteiger partial charge in [0.05, 0.1) is 16.9 Å². The van der Waals surface area contributed by atoms with Gasteiger partial charge in [0.1, 0.15) is 17.2 Å². The Kier molecular flexibility index (Phi) is 4.53. The van der Waals surface area contributed by atoms with E-state index in [1.807, 2.05) is 0 Å². The average molecular weight is 361 g/mol. The molecule has 0 aliphatic heterocycles. The molecule has 0 unspecified atom stereocenters. The van der Waals surface area contributed by atoms with E-state index >= 15 is 0 Å². The van der Waals surface area contributed by atoms with Gasteiger partial charge in [0.25, 0.3) is 5.91 Å². The number of halogens is 2. The van der Waals surface area contributed by atoms with Crippen LogP contribution in [0, 0.1) is 5.82 Å². The molecule has 0 fully saturated rings. The Morgan fingerprint density at radius 1 is 1.32 bits per heavy atom. The summed E-state index contributed by atoms with van der Waals surface area (Å²) in [7, 11) is 0. The molecule has 128 valence electrons. The molecule has 6 N–H and O–H groups in total. The molecule has 0 bridgehead atoms. The Bertz CT molecular complexity index is 942. The highest BCUT2D eigenvalue weighted by Crippen LogP contribution is 2.24. The van der Waals surface area contributed by atoms with E-state index in [0.717, 1.165) is 0 Å². The van der Waals surface area contributed by atoms with Gasteiger partial charge in [-0.2, -0.15) is 0 Å². The van der Waals surface area contributed by atoms with Crippen molar-refractivity contribution in [1.82, 2.24) is 20.3 Å². The van der Waals surface area contributed by atoms with Gasteiger partial charge < -0.3 is 21.8 Å². The van der Waals surface area contributed by atoms with Crippen molar-refractivity contribution in [2.75, 3.05) is 11.5 Å². The first-order chi connectivity index (χ1) is 11.9. The summed E-state index contributed by atoms with van der Waals surface area (Å²) in [6, 6.07) is 5.86. The number of anilines is 2. The molecule has 3 aromatic rings. The molecule has 0 saturated heterocycles. The van der Waals surface area contributed by atoms with Crippen molar-refractivity contribution in [2.45, 2.75) is 6.54 Å². The summed E-state index contributed by atoms with van der Waals surface area (Å²) < 4.78 is 13.1. The molecule has 0 aliphatic carbocycles. The third-order valence-electron chi connectivity index (χ3n) is 3.47. The van der Waals surface area contributed by atoms with Crippen molar-refractivity contribution in [3.05, 3.63) is 58.8 Å². The standard InChI is InChI=1S/C16H14ClFN6O/c17-10-3-8(1-2-11(10)18)5-22-15(25)13-4-9(6-21-13)14-12(19)7-23-16(20)24-14/h1-4,6-7,21H,5,19H2,(H,22,25)(H2,20,23,24). The minimum absolute atomic E-state index is 0.00531. The van der Waals surface area contributed by atoms with Crippen LogP contribution in [0.15, 0.2) is 36.7 Å². The van der Waals surface area contributed by atoms with Crippen LogP contribution in [0.5, 0.6) is 0 Å². The lowest BCUT2D eigenvalue weighted by Crippen LogP contribution is -2.23. The number of carbonyl (C=O) groups excluding carboxylic acids is 1. The van der Waals surface area contributed by atoms with Crippen molar-refractivity contribution in [3.63, 3.8) is 0 Å². The fraction of sp³-hybridized carbons (Fsp3) is 0.0625. The van der Waals surface area contributed by atoms with Crippen molar-refractivity contribution in [3.8, 4) is 11.3 Å². The number of aromatic amines is 1. The first-order valence-electron chi connectivity index (χ1n) is 7.23. The molecule has 9 heteroatoms. The Labute approximate surface area is 147 Å². The molecular formula is C16H14ClFN6O. The molecular weight excluding hydrogens is 347 g/mol. The van der Waals surface area contributed by atoms with Crippen LogP contribution in [0.1, 0.15) is 16.1 Å². The SMILES string of the molecule is Nc1ncc(N)c(-c2c[nH]c(C(=O)NCc3ccc(F)c(Cl)c3)c2)n1. The summed E-state index contributed by atoms with van der Waals surface area (Å²) in [5.74, 6) is -0.760. The van der Waals surface area contributed by atoms with E-state index in [4.69, 9.17) is 23.1 Å². The topological polar surface area (TPSA) is 123 Å². The Morgan fingerprint density at radius 3 is 2.88 bits per heavy atom. The zero-order valence-electron chi connectivity index (χ0n) is 12.9. The first-order valence-corrected chi connectivity index (χ1v) is 7.60. The van der Waals surface area contributed by atoms with Crippen molar-refractivity contribution < 1.29 is 9.18 Å². The molecule has 0 spiro atoms. The molecule has 0 saturated carbocycles. The van der Waals surface area contributed by atoms with Crippen LogP contribution < -0.4 is 16.8 Å². The number of aromatic nitrogens is 3. The fourth-order valence-electron chi connectivity index (χ4n) is 2.23. The van der Waals surface area contributed by atoms with Crippen LogP contribution in [0.2, 0.25) is 5.02 Å². The predicted molar refractivity (Wildman–Crippen MR) is 93.2 cm³/mol. The van der Waals surface area contributed by atoms with Crippen LogP contribution >= 0.6 is 11.6 Å². The minimum atomic E-state index is -0.507. The van der Waals surface area contributed by atoms with Gasteiger partial charge in [-0.25, -0.2) is 14.4 Å². The highest BCUT2D eigenvalue weighted by Gasteiger charge is 2.13. The van der Waals surface area contributed by atoms with Crippen LogP contribution in [0.3, 0.4) is 0 Å². The van der Waals surface area contributed by atoms with Gasteiger partial charge in [-0.05, 0) is 23.8 Å². The zero-order chi connectivity index (χ0) is 18.0. The average Bonchev–Trinajstić information content (AvgIpc) is 3.08. The lowest BCUT2D eigenvalue weighted by Gasteiger charge is -2.05. The highest BCUT2D eigenvalue weighted by molar-refractivity contribution is 6.30. The van der Waals surface area contributed by atoms with Crippen LogP contribution in [-0.2, 0) is 6.54 Å². The third kappa shape index (κ3) is 3.69. The Hall–Kier alpha value is -3.13. The number of nitrogen functional groups attached to an aromatic ring is 2. The summed E-state index contributed by atoms with van der Waals surface area (Å²) in [6.45, 7) is 0.204. The summed E-state index contributed by atoms with van der Waals surface area (Å²) in [5, 5.41) is 2.72. The summed E-state index contributed by atoms with van der Waals surface area (Å²) in [4.78, 5) is 22.9. The normalized spacial score (nSPS) is 10.6. The summed E-state index contributed by atoms with van der Waals surface area (Å²) >= 11 is 5.72. The van der Waals surface area contributed by atoms with E-state index in [2.05, 4.69) is 20.3 Å². The lowest BCUT2D eigenvalue weighted by atomic mass is 10.2. The largest absolute Gasteiger partial charge is 0.396 e. The fourth-order valence-corrected chi connectivity index (χ4v) is 2.43. The maximum atomic E-state index is 13.1. The minimum Gasteiger partial charge on any atom is -0.396 e. The van der Waals surface area contributed by atoms with E-state index in [-0.39, 0.29) is 23.4 Å². The Balaban J connectivity index is 1.72. The van der Waals surface area contributed by atoms with Crippen LogP contribution in [0.25, 0.3) is 11.3 Å². The molecule has 2 aromatic heterocycles. The monoisotopic (exact) mass is 360 g/mol. The van der Waals surface area contributed by atoms with Crippen molar-refractivity contribution in [2.24, 2.45) is 0 Å². The molecule has 1 aromatic carbocycles. The highest BCUT2D eigenvalue weighted by atomic mass is 35.5. The van der Waals surface area contributed by atoms with Crippen LogP contribution in [-0.4, -0.2) is 20.9 Å². The number of rotatable bonds is 4. The molecule has 1 amide bonds. The van der Waals surface area contributed by atoms with Gasteiger partial charge in [-0.1, -0.05) is 17.7 Å². The molecule has 7 nitrogen and oxygen atoms in total. The van der Waals surface area contributed by atoms with Gasteiger partial charge in [0.15, 0.2) is 0 Å². The smallest absolute Gasteiger partial charge is 0.267 e. The molecule has 0 radical (unpaired) electrons. The van der Waals surface area contributed by atoms with E-state index in [0.29, 0.717) is 28.2 Å². The van der Waals surface area contributed by atoms with Crippen molar-refractivity contribution >= 4 is 29.1 Å². The third-order valence-corrected chi connectivity index (χ3v) is 3.76. The van der Waals surface area contributed by atoms with E-state index in [9.17, 15) is 9.18 Å². The Morgan fingerprint density at radius 2 is 2.12 bits per heavy atom. The molecule has 0 atom stereocenters. The van der Waals surface area contributed by atoms with Gasteiger partial charge in [0, 0.05) is 18.3 Å². The number of benzene rings is 1. The van der Waals surface area contributed by atoms with E-state index < -0.39 is 5.82 Å². The van der Waals surface area contributed by atoms with Gasteiger partial charge >= 0.3 is 0 Å². The second-order valence-electron chi connectivity index (χ2n) is 5.27. The number of nitrogens with two attached hydrogens (primary N) is 2. The maximum Gasteiger partial charge on any atom is 0.267 e. The molecule has 2 heterocycles. The van der Waals surface area contributed by atoms with Gasteiger partial charge in [-0.3, -0.25) is 4.79 Å². The number of H-pyrrole nitrogens is 1. The summed E-state index contributed by atoms with van der Waals surface area (Å²) in [5.41, 5.74) is 13.8. The number of hydrogen-bond acceptors (Lipinski definition) is 5. The second-order valence-corrected chi connectivity index (χ2v) is 5.67. The zero-order valence-corrected chi connectivity index (χ0v) is 13.6. The van der Waals surface area contributed by atoms with Gasteiger partial charge in [-0.15, -0.1) is 0 Å². The number of nitrogens with zero attached hydrogens (tertiary/aromatic N) is 2.